The monoisotopic (exact) mass is 171 g/mol. The summed E-state index contributed by atoms with van der Waals surface area (Å²) >= 11 is 5.74. The van der Waals surface area contributed by atoms with E-state index in [1.807, 2.05) is 12.3 Å². The predicted molar refractivity (Wildman–Crippen MR) is 50.0 cm³/mol. The lowest BCUT2D eigenvalue weighted by atomic mass is 9.90. The minimum absolute atomic E-state index is 0.556. The van der Waals surface area contributed by atoms with Gasteiger partial charge in [-0.15, -0.1) is 0 Å². The largest absolute Gasteiger partial charge is 0.249 e. The Morgan fingerprint density at radius 1 is 1.64 bits per heavy atom. The van der Waals surface area contributed by atoms with Gasteiger partial charge in [0.25, 0.3) is 0 Å². The maximum absolute atomic E-state index is 5.74. The van der Waals surface area contributed by atoms with Crippen LogP contribution < -0.4 is 0 Å². The van der Waals surface area contributed by atoms with E-state index in [9.17, 15) is 0 Å². The van der Waals surface area contributed by atoms with Crippen molar-refractivity contribution in [2.75, 3.05) is 0 Å². The summed E-state index contributed by atoms with van der Waals surface area (Å²) < 4.78 is 0. The van der Waals surface area contributed by atoms with Crippen molar-refractivity contribution in [3.63, 3.8) is 0 Å². The highest BCUT2D eigenvalue weighted by molar-refractivity contribution is 6.29. The molecule has 0 aliphatic carbocycles. The molecular formula is C9H14ClN. The van der Waals surface area contributed by atoms with E-state index in [1.165, 1.54) is 12.8 Å². The zero-order valence-corrected chi connectivity index (χ0v) is 7.80. The van der Waals surface area contributed by atoms with Gasteiger partial charge in [0.15, 0.2) is 0 Å². The van der Waals surface area contributed by atoms with E-state index in [0.29, 0.717) is 17.0 Å². The number of allylic oxidation sites excluding steroid dienone is 1. The van der Waals surface area contributed by atoms with Crippen molar-refractivity contribution < 1.29 is 0 Å². The van der Waals surface area contributed by atoms with Crippen LogP contribution in [0.4, 0.5) is 0 Å². The van der Waals surface area contributed by atoms with Gasteiger partial charge in [0.1, 0.15) is 5.16 Å². The molecule has 0 amide bonds. The molecule has 1 nitrogen and oxygen atoms in total. The third-order valence-corrected chi connectivity index (χ3v) is 2.31. The van der Waals surface area contributed by atoms with Gasteiger partial charge in [-0.1, -0.05) is 31.9 Å². The standard InChI is InChI=1S/C9H14ClN/c1-3-4-8-6-11-9(10)5-7(8)2/h5-8H,3-4H2,1-2H3. The molecule has 0 spiro atoms. The topological polar surface area (TPSA) is 12.4 Å². The first-order valence-corrected chi connectivity index (χ1v) is 4.53. The first-order valence-electron chi connectivity index (χ1n) is 4.15. The van der Waals surface area contributed by atoms with Gasteiger partial charge in [-0.3, -0.25) is 0 Å². The number of hydrogen-bond acceptors (Lipinski definition) is 1. The number of nitrogens with zero attached hydrogens (tertiary/aromatic N) is 1. The summed E-state index contributed by atoms with van der Waals surface area (Å²) in [5.74, 6) is 1.16. The molecule has 0 saturated heterocycles. The lowest BCUT2D eigenvalue weighted by molar-refractivity contribution is 0.501. The Morgan fingerprint density at radius 2 is 2.36 bits per heavy atom. The summed E-state index contributed by atoms with van der Waals surface area (Å²) in [4.78, 5) is 4.08. The highest BCUT2D eigenvalue weighted by atomic mass is 35.5. The second-order valence-corrected chi connectivity index (χ2v) is 3.47. The van der Waals surface area contributed by atoms with Gasteiger partial charge in [-0.05, 0) is 18.4 Å². The minimum Gasteiger partial charge on any atom is -0.249 e. The highest BCUT2D eigenvalue weighted by Gasteiger charge is 2.15. The smallest absolute Gasteiger partial charge is 0.124 e. The Labute approximate surface area is 73.2 Å². The Kier molecular flexibility index (Phi) is 3.13. The zero-order chi connectivity index (χ0) is 8.27. The third kappa shape index (κ3) is 2.33. The van der Waals surface area contributed by atoms with Gasteiger partial charge in [0.2, 0.25) is 0 Å². The lowest BCUT2D eigenvalue weighted by Gasteiger charge is -2.19. The van der Waals surface area contributed by atoms with E-state index < -0.39 is 0 Å². The molecule has 0 fully saturated rings. The maximum Gasteiger partial charge on any atom is 0.124 e. The molecule has 2 heteroatoms. The molecule has 2 atom stereocenters. The van der Waals surface area contributed by atoms with Crippen LogP contribution in [0.1, 0.15) is 26.7 Å². The van der Waals surface area contributed by atoms with Gasteiger partial charge in [-0.2, -0.15) is 0 Å². The second-order valence-electron chi connectivity index (χ2n) is 3.08. The average molecular weight is 172 g/mol. The van der Waals surface area contributed by atoms with Crippen LogP contribution in [0, 0.1) is 11.8 Å². The molecule has 0 aromatic rings. The normalized spacial score (nSPS) is 30.3. The van der Waals surface area contributed by atoms with E-state index in [0.717, 1.165) is 0 Å². The maximum atomic E-state index is 5.74. The first kappa shape index (κ1) is 8.79. The molecular weight excluding hydrogens is 158 g/mol. The minimum atomic E-state index is 0.556. The Balaban J connectivity index is 2.54. The van der Waals surface area contributed by atoms with Crippen molar-refractivity contribution in [2.45, 2.75) is 26.7 Å². The molecule has 0 aromatic heterocycles. The van der Waals surface area contributed by atoms with E-state index in [-0.39, 0.29) is 0 Å². The van der Waals surface area contributed by atoms with E-state index in [1.54, 1.807) is 0 Å². The summed E-state index contributed by atoms with van der Waals surface area (Å²) in [7, 11) is 0. The molecule has 0 aromatic carbocycles. The summed E-state index contributed by atoms with van der Waals surface area (Å²) in [6.45, 7) is 4.38. The van der Waals surface area contributed by atoms with Crippen LogP contribution in [0.5, 0.6) is 0 Å². The molecule has 11 heavy (non-hydrogen) atoms. The first-order chi connectivity index (χ1) is 5.24. The number of aliphatic imine (C=N–C) groups is 1. The van der Waals surface area contributed by atoms with Crippen LogP contribution >= 0.6 is 11.6 Å². The SMILES string of the molecule is CCCC1C=NC(Cl)=CC1C. The van der Waals surface area contributed by atoms with Gasteiger partial charge in [0.05, 0.1) is 0 Å². The van der Waals surface area contributed by atoms with Crippen LogP contribution in [0.25, 0.3) is 0 Å². The molecule has 1 aliphatic rings. The van der Waals surface area contributed by atoms with Crippen molar-refractivity contribution in [2.24, 2.45) is 16.8 Å². The fourth-order valence-electron chi connectivity index (χ4n) is 1.36. The van der Waals surface area contributed by atoms with Crippen molar-refractivity contribution in [3.8, 4) is 0 Å². The summed E-state index contributed by atoms with van der Waals surface area (Å²) in [6, 6.07) is 0. The fourth-order valence-corrected chi connectivity index (χ4v) is 1.61. The van der Waals surface area contributed by atoms with E-state index in [2.05, 4.69) is 18.8 Å². The molecule has 0 radical (unpaired) electrons. The molecule has 0 N–H and O–H groups in total. The molecule has 1 rings (SSSR count). The van der Waals surface area contributed by atoms with Crippen LogP contribution in [-0.2, 0) is 0 Å². The van der Waals surface area contributed by atoms with Crippen molar-refractivity contribution in [1.29, 1.82) is 0 Å². The molecule has 2 unspecified atom stereocenters. The molecule has 1 heterocycles. The Morgan fingerprint density at radius 3 is 2.91 bits per heavy atom. The molecule has 0 bridgehead atoms. The predicted octanol–water partition coefficient (Wildman–Crippen LogP) is 3.20. The second kappa shape index (κ2) is 3.91. The molecule has 62 valence electrons. The van der Waals surface area contributed by atoms with Crippen molar-refractivity contribution in [1.82, 2.24) is 0 Å². The van der Waals surface area contributed by atoms with E-state index >= 15 is 0 Å². The third-order valence-electron chi connectivity index (χ3n) is 2.09. The van der Waals surface area contributed by atoms with Crippen LogP contribution in [0.2, 0.25) is 0 Å². The Bertz CT molecular complexity index is 184. The van der Waals surface area contributed by atoms with Gasteiger partial charge >= 0.3 is 0 Å². The zero-order valence-electron chi connectivity index (χ0n) is 7.05. The van der Waals surface area contributed by atoms with Crippen LogP contribution in [0.3, 0.4) is 0 Å². The number of hydrogen-bond donors (Lipinski definition) is 0. The molecule has 0 saturated carbocycles. The molecule has 1 aliphatic heterocycles. The average Bonchev–Trinajstić information content (AvgIpc) is 1.95. The highest BCUT2D eigenvalue weighted by Crippen LogP contribution is 2.24. The van der Waals surface area contributed by atoms with Crippen LogP contribution in [0.15, 0.2) is 16.2 Å². The lowest BCUT2D eigenvalue weighted by Crippen LogP contribution is -2.14. The van der Waals surface area contributed by atoms with E-state index in [4.69, 9.17) is 11.6 Å². The number of halogens is 1. The van der Waals surface area contributed by atoms with Gasteiger partial charge in [-0.25, -0.2) is 4.99 Å². The van der Waals surface area contributed by atoms with Gasteiger partial charge in [0, 0.05) is 12.1 Å². The summed E-state index contributed by atoms with van der Waals surface area (Å²) in [5, 5.41) is 0.643. The van der Waals surface area contributed by atoms with Crippen molar-refractivity contribution in [3.05, 3.63) is 11.2 Å². The fraction of sp³-hybridized carbons (Fsp3) is 0.667. The summed E-state index contributed by atoms with van der Waals surface area (Å²) in [5.41, 5.74) is 0. The summed E-state index contributed by atoms with van der Waals surface area (Å²) in [6.07, 6.45) is 6.44. The Hall–Kier alpha value is -0.300. The quantitative estimate of drug-likeness (QED) is 0.566. The van der Waals surface area contributed by atoms with Crippen molar-refractivity contribution >= 4 is 17.8 Å². The van der Waals surface area contributed by atoms with Gasteiger partial charge < -0.3 is 0 Å². The number of rotatable bonds is 2. The van der Waals surface area contributed by atoms with Crippen LogP contribution in [-0.4, -0.2) is 6.21 Å².